The van der Waals surface area contributed by atoms with Crippen LogP contribution >= 0.6 is 0 Å². The van der Waals surface area contributed by atoms with Crippen LogP contribution in [0.15, 0.2) is 0 Å². The lowest BCUT2D eigenvalue weighted by Crippen LogP contribution is -2.32. The molecule has 0 bridgehead atoms. The second kappa shape index (κ2) is 14.8. The Morgan fingerprint density at radius 1 is 0.225 bits per heavy atom. The third-order valence-corrected chi connectivity index (χ3v) is 3.33. The first-order valence-corrected chi connectivity index (χ1v) is 13.8. The monoisotopic (exact) mass is 572 g/mol. The molecule has 0 heterocycles. The van der Waals surface area contributed by atoms with Crippen molar-refractivity contribution in [1.29, 1.82) is 0 Å². The molecule has 0 saturated heterocycles. The number of hydrogen-bond acceptors (Lipinski definition) is 8. The predicted octanol–water partition coefficient (Wildman–Crippen LogP) is 8.08. The van der Waals surface area contributed by atoms with E-state index in [4.69, 9.17) is 39.1 Å². The van der Waals surface area contributed by atoms with Crippen molar-refractivity contribution in [2.45, 2.75) is 183 Å². The first-order chi connectivity index (χ1) is 17.2. The molecule has 0 rings (SSSR count). The van der Waals surface area contributed by atoms with Gasteiger partial charge in [0, 0.05) is 0 Å². The molecule has 0 aromatic heterocycles. The van der Waals surface area contributed by atoms with Gasteiger partial charge in [-0.05, 0) is 138 Å². The van der Waals surface area contributed by atoms with Crippen LogP contribution in [0.3, 0.4) is 0 Å². The molecule has 0 unspecified atom stereocenters. The van der Waals surface area contributed by atoms with Gasteiger partial charge in [-0.2, -0.15) is 0 Å². The maximum atomic E-state index is 5.36. The lowest BCUT2D eigenvalue weighted by molar-refractivity contribution is -0.386. The van der Waals surface area contributed by atoms with Crippen molar-refractivity contribution in [3.8, 4) is 23.7 Å². The van der Waals surface area contributed by atoms with Gasteiger partial charge in [0.2, 0.25) is 0 Å². The highest BCUT2D eigenvalue weighted by Gasteiger charge is 2.27. The van der Waals surface area contributed by atoms with E-state index >= 15 is 0 Å². The van der Waals surface area contributed by atoms with Gasteiger partial charge in [-0.3, -0.25) is 0 Å². The fourth-order valence-electron chi connectivity index (χ4n) is 1.60. The molecule has 0 fully saturated rings. The molecule has 0 aliphatic carbocycles. The van der Waals surface area contributed by atoms with Crippen molar-refractivity contribution >= 4 is 0 Å². The lowest BCUT2D eigenvalue weighted by Gasteiger charge is -2.26. The Morgan fingerprint density at radius 3 is 0.450 bits per heavy atom. The van der Waals surface area contributed by atoms with E-state index in [-0.39, 0.29) is 22.4 Å². The van der Waals surface area contributed by atoms with Crippen LogP contribution < -0.4 is 0 Å². The Balaban J connectivity index is 0. The van der Waals surface area contributed by atoms with E-state index in [0.717, 1.165) is 0 Å². The van der Waals surface area contributed by atoms with Crippen LogP contribution in [0.25, 0.3) is 0 Å². The highest BCUT2D eigenvalue weighted by atomic mass is 17.2. The van der Waals surface area contributed by atoms with Gasteiger partial charge in [0.1, 0.15) is 0 Å². The summed E-state index contributed by atoms with van der Waals surface area (Å²) in [7, 11) is 0. The summed E-state index contributed by atoms with van der Waals surface area (Å²) in [6.45, 7) is 37.7. The van der Waals surface area contributed by atoms with Crippen LogP contribution in [-0.2, 0) is 39.1 Å². The summed E-state index contributed by atoms with van der Waals surface area (Å²) in [5.41, 5.74) is -4.40. The van der Waals surface area contributed by atoms with E-state index in [9.17, 15) is 0 Å². The zero-order valence-electron chi connectivity index (χ0n) is 29.3. The third-order valence-electron chi connectivity index (χ3n) is 3.33. The minimum atomic E-state index is -0.727. The molecule has 8 heteroatoms. The Morgan fingerprint density at radius 2 is 0.350 bits per heavy atom. The number of hydrogen-bond donors (Lipinski definition) is 0. The maximum Gasteiger partial charge on any atom is 0.158 e. The molecule has 0 aromatic carbocycles. The molecule has 0 aromatic rings. The van der Waals surface area contributed by atoms with Crippen LogP contribution in [0.5, 0.6) is 0 Å². The summed E-state index contributed by atoms with van der Waals surface area (Å²) >= 11 is 0. The molecule has 0 radical (unpaired) electrons. The largest absolute Gasteiger partial charge is 0.229 e. The molecule has 0 saturated carbocycles. The summed E-state index contributed by atoms with van der Waals surface area (Å²) in [5, 5.41) is 0. The molecule has 0 spiro atoms. The summed E-state index contributed by atoms with van der Waals surface area (Å²) < 4.78 is 0. The highest BCUT2D eigenvalue weighted by molar-refractivity contribution is 5.18. The minimum absolute atomic E-state index is 0.375. The fourth-order valence-corrected chi connectivity index (χ4v) is 1.60. The van der Waals surface area contributed by atoms with Gasteiger partial charge in [0.25, 0.3) is 0 Å². The summed E-state index contributed by atoms with van der Waals surface area (Å²) in [4.78, 5) is 42.7. The molecular formula is C32H60O8. The van der Waals surface area contributed by atoms with Crippen LogP contribution in [0.1, 0.15) is 138 Å². The van der Waals surface area contributed by atoms with Gasteiger partial charge in [-0.25, -0.2) is 39.1 Å². The standard InChI is InChI=1S/2C16H30O4/c2*1-13(2,3)17-19-15(7,8)11-12-16(9,10)20-18-14(4,5)6/h2*1-10H3. The quantitative estimate of drug-likeness (QED) is 0.164. The zero-order chi connectivity index (χ0) is 32.5. The van der Waals surface area contributed by atoms with E-state index in [1.807, 2.05) is 138 Å². The van der Waals surface area contributed by atoms with Crippen molar-refractivity contribution in [3.05, 3.63) is 0 Å². The van der Waals surface area contributed by atoms with Crippen molar-refractivity contribution < 1.29 is 39.1 Å². The van der Waals surface area contributed by atoms with Gasteiger partial charge >= 0.3 is 0 Å². The van der Waals surface area contributed by atoms with Crippen LogP contribution in [0.4, 0.5) is 0 Å². The molecule has 0 N–H and O–H groups in total. The van der Waals surface area contributed by atoms with E-state index < -0.39 is 22.4 Å². The lowest BCUT2D eigenvalue weighted by atomic mass is 10.1. The molecule has 8 nitrogen and oxygen atoms in total. The van der Waals surface area contributed by atoms with Crippen LogP contribution in [0, 0.1) is 23.7 Å². The molecular weight excluding hydrogens is 512 g/mol. The summed E-state index contributed by atoms with van der Waals surface area (Å²) in [6.07, 6.45) is 0. The Labute approximate surface area is 246 Å². The van der Waals surface area contributed by atoms with Crippen LogP contribution in [0.2, 0.25) is 0 Å². The molecule has 0 aliphatic heterocycles. The second-order valence-electron chi connectivity index (χ2n) is 15.7. The average molecular weight is 573 g/mol. The Bertz CT molecular complexity index is 723. The first-order valence-electron chi connectivity index (χ1n) is 13.8. The van der Waals surface area contributed by atoms with Gasteiger partial charge in [0.15, 0.2) is 22.4 Å². The van der Waals surface area contributed by atoms with E-state index in [1.54, 1.807) is 0 Å². The Hall–Kier alpha value is -1.20. The van der Waals surface area contributed by atoms with E-state index in [1.165, 1.54) is 0 Å². The molecule has 0 aliphatic rings. The van der Waals surface area contributed by atoms with Gasteiger partial charge in [0.05, 0.1) is 22.4 Å². The Kier molecular flexibility index (Phi) is 15.2. The molecule has 236 valence electrons. The first kappa shape index (κ1) is 40.9. The molecule has 0 atom stereocenters. The van der Waals surface area contributed by atoms with Gasteiger partial charge in [-0.1, -0.05) is 23.7 Å². The predicted molar refractivity (Wildman–Crippen MR) is 160 cm³/mol. The zero-order valence-corrected chi connectivity index (χ0v) is 29.3. The fraction of sp³-hybridized carbons (Fsp3) is 0.875. The second-order valence-corrected chi connectivity index (χ2v) is 15.7. The SMILES string of the molecule is CC(C)(C)OOC(C)(C)C#CC(C)(C)OOC(C)(C)C.CC(C)(C)OOC(C)(C)C#CC(C)(C)OOC(C)(C)C. The van der Waals surface area contributed by atoms with Gasteiger partial charge in [-0.15, -0.1) is 0 Å². The van der Waals surface area contributed by atoms with Crippen LogP contribution in [-0.4, -0.2) is 44.8 Å². The summed E-state index contributed by atoms with van der Waals surface area (Å²) in [5.74, 6) is 12.0. The smallest absolute Gasteiger partial charge is 0.158 e. The minimum Gasteiger partial charge on any atom is -0.229 e. The number of rotatable bonds is 8. The normalized spacial score (nSPS) is 13.9. The highest BCUT2D eigenvalue weighted by Crippen LogP contribution is 2.20. The van der Waals surface area contributed by atoms with Crippen molar-refractivity contribution in [2.24, 2.45) is 0 Å². The maximum absolute atomic E-state index is 5.36. The average Bonchev–Trinajstić information content (AvgIpc) is 2.71. The van der Waals surface area contributed by atoms with Crippen molar-refractivity contribution in [1.82, 2.24) is 0 Å². The van der Waals surface area contributed by atoms with Crippen molar-refractivity contribution in [3.63, 3.8) is 0 Å². The van der Waals surface area contributed by atoms with E-state index in [0.29, 0.717) is 0 Å². The summed E-state index contributed by atoms with van der Waals surface area (Å²) in [6, 6.07) is 0. The molecule has 40 heavy (non-hydrogen) atoms. The molecule has 0 amide bonds. The van der Waals surface area contributed by atoms with Gasteiger partial charge < -0.3 is 0 Å². The van der Waals surface area contributed by atoms with Crippen molar-refractivity contribution in [2.75, 3.05) is 0 Å². The third kappa shape index (κ3) is 28.3. The topological polar surface area (TPSA) is 73.8 Å². The van der Waals surface area contributed by atoms with E-state index in [2.05, 4.69) is 23.7 Å².